The quantitative estimate of drug-likeness (QED) is 0.756. The van der Waals surface area contributed by atoms with Crippen molar-refractivity contribution in [2.45, 2.75) is 0 Å². The molecule has 0 aliphatic heterocycles. The number of hydrogen-bond acceptors (Lipinski definition) is 4. The van der Waals surface area contributed by atoms with Gasteiger partial charge < -0.3 is 15.6 Å². The van der Waals surface area contributed by atoms with Crippen molar-refractivity contribution >= 4 is 15.9 Å². The van der Waals surface area contributed by atoms with Gasteiger partial charge in [0.2, 0.25) is 0 Å². The number of nitrogens with zero attached hydrogens (tertiary/aromatic N) is 1. The summed E-state index contributed by atoms with van der Waals surface area (Å²) in [7, 11) is 0. The predicted molar refractivity (Wildman–Crippen MR) is 72.2 cm³/mol. The predicted octanol–water partition coefficient (Wildman–Crippen LogP) is 1.22. The van der Waals surface area contributed by atoms with Crippen molar-refractivity contribution in [3.05, 3.63) is 28.5 Å². The first-order chi connectivity index (χ1) is 8.65. The molecule has 102 valence electrons. The summed E-state index contributed by atoms with van der Waals surface area (Å²) in [6, 6.07) is 4.42. The SMILES string of the molecule is NCCN(CCO)CCOc1cc(F)cc(Br)c1. The fraction of sp³-hybridized carbons (Fsp3) is 0.500. The summed E-state index contributed by atoms with van der Waals surface area (Å²) in [4.78, 5) is 1.99. The van der Waals surface area contributed by atoms with Gasteiger partial charge >= 0.3 is 0 Å². The van der Waals surface area contributed by atoms with Crippen LogP contribution in [-0.4, -0.2) is 49.4 Å². The molecule has 0 spiro atoms. The summed E-state index contributed by atoms with van der Waals surface area (Å²) in [6.07, 6.45) is 0. The summed E-state index contributed by atoms with van der Waals surface area (Å²) in [5, 5.41) is 8.87. The lowest BCUT2D eigenvalue weighted by Crippen LogP contribution is -2.35. The van der Waals surface area contributed by atoms with E-state index >= 15 is 0 Å². The smallest absolute Gasteiger partial charge is 0.128 e. The molecular weight excluding hydrogens is 303 g/mol. The van der Waals surface area contributed by atoms with Gasteiger partial charge in [0.1, 0.15) is 18.2 Å². The Morgan fingerprint density at radius 1 is 1.28 bits per heavy atom. The number of rotatable bonds is 8. The molecule has 0 saturated carbocycles. The van der Waals surface area contributed by atoms with Gasteiger partial charge in [0.15, 0.2) is 0 Å². The molecule has 0 aliphatic rings. The Kier molecular flexibility index (Phi) is 7.19. The number of halogens is 2. The lowest BCUT2D eigenvalue weighted by Gasteiger charge is -2.20. The summed E-state index contributed by atoms with van der Waals surface area (Å²) < 4.78 is 19.2. The van der Waals surface area contributed by atoms with Crippen molar-refractivity contribution in [3.63, 3.8) is 0 Å². The lowest BCUT2D eigenvalue weighted by molar-refractivity contribution is 0.171. The maximum atomic E-state index is 13.1. The van der Waals surface area contributed by atoms with Gasteiger partial charge in [-0.2, -0.15) is 0 Å². The molecule has 0 radical (unpaired) electrons. The van der Waals surface area contributed by atoms with E-state index in [-0.39, 0.29) is 12.4 Å². The molecule has 4 nitrogen and oxygen atoms in total. The van der Waals surface area contributed by atoms with Crippen LogP contribution in [0.3, 0.4) is 0 Å². The molecule has 0 fully saturated rings. The Balaban J connectivity index is 2.39. The highest BCUT2D eigenvalue weighted by Crippen LogP contribution is 2.20. The van der Waals surface area contributed by atoms with Gasteiger partial charge in [-0.05, 0) is 12.1 Å². The number of hydrogen-bond donors (Lipinski definition) is 2. The average molecular weight is 321 g/mol. The van der Waals surface area contributed by atoms with Crippen LogP contribution in [0, 0.1) is 5.82 Å². The van der Waals surface area contributed by atoms with Crippen LogP contribution in [0.15, 0.2) is 22.7 Å². The Bertz CT molecular complexity index is 340. The van der Waals surface area contributed by atoms with Gasteiger partial charge in [0, 0.05) is 36.7 Å². The second kappa shape index (κ2) is 8.42. The summed E-state index contributed by atoms with van der Waals surface area (Å²) in [5.41, 5.74) is 5.46. The monoisotopic (exact) mass is 320 g/mol. The molecule has 0 aliphatic carbocycles. The summed E-state index contributed by atoms with van der Waals surface area (Å²) in [5.74, 6) is 0.145. The number of nitrogens with two attached hydrogens (primary N) is 1. The molecule has 3 N–H and O–H groups in total. The maximum Gasteiger partial charge on any atom is 0.128 e. The molecule has 6 heteroatoms. The largest absolute Gasteiger partial charge is 0.492 e. The van der Waals surface area contributed by atoms with E-state index in [0.29, 0.717) is 43.0 Å². The van der Waals surface area contributed by atoms with Crippen LogP contribution in [0.2, 0.25) is 0 Å². The molecule has 0 unspecified atom stereocenters. The third-order valence-electron chi connectivity index (χ3n) is 2.37. The van der Waals surface area contributed by atoms with Crippen LogP contribution >= 0.6 is 15.9 Å². The Morgan fingerprint density at radius 3 is 2.67 bits per heavy atom. The van der Waals surface area contributed by atoms with Crippen LogP contribution in [-0.2, 0) is 0 Å². The van der Waals surface area contributed by atoms with E-state index < -0.39 is 0 Å². The van der Waals surface area contributed by atoms with Crippen molar-refractivity contribution in [2.24, 2.45) is 5.73 Å². The Hall–Kier alpha value is -0.690. The van der Waals surface area contributed by atoms with Crippen LogP contribution in [0.4, 0.5) is 4.39 Å². The third-order valence-corrected chi connectivity index (χ3v) is 2.83. The average Bonchev–Trinajstić information content (AvgIpc) is 2.28. The molecular formula is C12H18BrFN2O2. The number of aliphatic hydroxyl groups is 1. The van der Waals surface area contributed by atoms with Gasteiger partial charge in [-0.15, -0.1) is 0 Å². The first-order valence-corrected chi connectivity index (χ1v) is 6.57. The first kappa shape index (κ1) is 15.4. The molecule has 0 heterocycles. The fourth-order valence-corrected chi connectivity index (χ4v) is 2.01. The lowest BCUT2D eigenvalue weighted by atomic mass is 10.3. The van der Waals surface area contributed by atoms with E-state index in [9.17, 15) is 4.39 Å². The zero-order valence-electron chi connectivity index (χ0n) is 10.1. The topological polar surface area (TPSA) is 58.7 Å². The van der Waals surface area contributed by atoms with Gasteiger partial charge in [-0.3, -0.25) is 4.90 Å². The van der Waals surface area contributed by atoms with Gasteiger partial charge in [0.25, 0.3) is 0 Å². The number of ether oxygens (including phenoxy) is 1. The highest BCUT2D eigenvalue weighted by atomic mass is 79.9. The molecule has 0 amide bonds. The van der Waals surface area contributed by atoms with Crippen LogP contribution in [0.1, 0.15) is 0 Å². The molecule has 0 atom stereocenters. The van der Waals surface area contributed by atoms with E-state index in [1.807, 2.05) is 4.90 Å². The minimum Gasteiger partial charge on any atom is -0.492 e. The van der Waals surface area contributed by atoms with Crippen molar-refractivity contribution in [1.82, 2.24) is 4.90 Å². The molecule has 1 aromatic rings. The highest BCUT2D eigenvalue weighted by molar-refractivity contribution is 9.10. The maximum absolute atomic E-state index is 13.1. The van der Waals surface area contributed by atoms with E-state index in [0.717, 1.165) is 0 Å². The molecule has 1 aromatic carbocycles. The minimum absolute atomic E-state index is 0.0888. The van der Waals surface area contributed by atoms with Crippen LogP contribution in [0.5, 0.6) is 5.75 Å². The van der Waals surface area contributed by atoms with E-state index in [1.54, 1.807) is 6.07 Å². The minimum atomic E-state index is -0.339. The standard InChI is InChI=1S/C12H18BrFN2O2/c13-10-7-11(14)9-12(8-10)18-6-4-16(2-1-15)3-5-17/h7-9,17H,1-6,15H2. The third kappa shape index (κ3) is 5.77. The summed E-state index contributed by atoms with van der Waals surface area (Å²) in [6.45, 7) is 2.96. The Morgan fingerprint density at radius 2 is 2.06 bits per heavy atom. The Labute approximate surface area is 115 Å². The van der Waals surface area contributed by atoms with Crippen molar-refractivity contribution in [2.75, 3.05) is 39.4 Å². The van der Waals surface area contributed by atoms with Crippen LogP contribution < -0.4 is 10.5 Å². The molecule has 18 heavy (non-hydrogen) atoms. The van der Waals surface area contributed by atoms with E-state index in [1.165, 1.54) is 12.1 Å². The summed E-state index contributed by atoms with van der Waals surface area (Å²) >= 11 is 3.20. The fourth-order valence-electron chi connectivity index (χ4n) is 1.56. The molecule has 0 bridgehead atoms. The van der Waals surface area contributed by atoms with Gasteiger partial charge in [0.05, 0.1) is 6.61 Å². The van der Waals surface area contributed by atoms with Gasteiger partial charge in [-0.25, -0.2) is 4.39 Å². The zero-order chi connectivity index (χ0) is 13.4. The van der Waals surface area contributed by atoms with E-state index in [2.05, 4.69) is 15.9 Å². The molecule has 1 rings (SSSR count). The van der Waals surface area contributed by atoms with Crippen molar-refractivity contribution in [1.29, 1.82) is 0 Å². The first-order valence-electron chi connectivity index (χ1n) is 5.78. The molecule has 0 aromatic heterocycles. The zero-order valence-corrected chi connectivity index (χ0v) is 11.7. The number of benzene rings is 1. The second-order valence-corrected chi connectivity index (χ2v) is 4.72. The van der Waals surface area contributed by atoms with Crippen LogP contribution in [0.25, 0.3) is 0 Å². The second-order valence-electron chi connectivity index (χ2n) is 3.81. The number of aliphatic hydroxyl groups excluding tert-OH is 1. The normalized spacial score (nSPS) is 10.9. The van der Waals surface area contributed by atoms with Gasteiger partial charge in [-0.1, -0.05) is 15.9 Å². The van der Waals surface area contributed by atoms with Crippen molar-refractivity contribution in [3.8, 4) is 5.75 Å². The van der Waals surface area contributed by atoms with Crippen molar-refractivity contribution < 1.29 is 14.2 Å². The van der Waals surface area contributed by atoms with E-state index in [4.69, 9.17) is 15.6 Å². The molecule has 0 saturated heterocycles. The highest BCUT2D eigenvalue weighted by Gasteiger charge is 2.04.